The lowest BCUT2D eigenvalue weighted by Crippen LogP contribution is -2.34. The minimum atomic E-state index is -0.0972. The maximum atomic E-state index is 6.22. The molecule has 1 atom stereocenters. The van der Waals surface area contributed by atoms with Crippen LogP contribution in [0.5, 0.6) is 0 Å². The minimum Gasteiger partial charge on any atom is -0.370 e. The quantitative estimate of drug-likeness (QED) is 0.443. The molecule has 0 amide bonds. The second-order valence-electron chi connectivity index (χ2n) is 5.84. The molecule has 0 saturated carbocycles. The number of rotatable bonds is 5. The highest BCUT2D eigenvalue weighted by atomic mass is 35.5. The van der Waals surface area contributed by atoms with Gasteiger partial charge in [-0.3, -0.25) is 0 Å². The number of hydrogen-bond donors (Lipinski definition) is 3. The number of aromatic amines is 1. The van der Waals surface area contributed by atoms with E-state index in [0.29, 0.717) is 22.5 Å². The van der Waals surface area contributed by atoms with E-state index in [1.165, 1.54) is 0 Å². The Kier molecular flexibility index (Phi) is 5.81. The van der Waals surface area contributed by atoms with Gasteiger partial charge in [-0.25, -0.2) is 9.98 Å². The van der Waals surface area contributed by atoms with Crippen LogP contribution in [0.25, 0.3) is 11.3 Å². The fourth-order valence-corrected chi connectivity index (χ4v) is 3.14. The molecule has 1 unspecified atom stereocenters. The number of halogens is 2. The largest absolute Gasteiger partial charge is 0.370 e. The number of H-pyrrole nitrogens is 1. The lowest BCUT2D eigenvalue weighted by molar-refractivity contribution is 0.706. The Labute approximate surface area is 162 Å². The number of nitrogens with one attached hydrogen (secondary N) is 2. The topological polar surface area (TPSA) is 79.1 Å². The van der Waals surface area contributed by atoms with Crippen molar-refractivity contribution >= 4 is 29.2 Å². The first-order valence-corrected chi connectivity index (χ1v) is 8.89. The molecule has 7 heteroatoms. The first kappa shape index (κ1) is 18.3. The van der Waals surface area contributed by atoms with Crippen LogP contribution in [-0.4, -0.2) is 15.9 Å². The molecule has 1 heterocycles. The van der Waals surface area contributed by atoms with Gasteiger partial charge in [-0.05, 0) is 30.2 Å². The number of aromatic nitrogens is 2. The van der Waals surface area contributed by atoms with Crippen molar-refractivity contribution in [1.29, 1.82) is 0 Å². The number of benzene rings is 2. The summed E-state index contributed by atoms with van der Waals surface area (Å²) in [5, 5.41) is 4.31. The van der Waals surface area contributed by atoms with Crippen LogP contribution in [0.2, 0.25) is 10.0 Å². The van der Waals surface area contributed by atoms with E-state index in [0.717, 1.165) is 22.6 Å². The fourth-order valence-electron chi connectivity index (χ4n) is 2.57. The highest BCUT2D eigenvalue weighted by molar-refractivity contribution is 6.35. The van der Waals surface area contributed by atoms with Gasteiger partial charge >= 0.3 is 0 Å². The molecule has 0 aliphatic rings. The van der Waals surface area contributed by atoms with Crippen LogP contribution in [0.3, 0.4) is 0 Å². The van der Waals surface area contributed by atoms with E-state index in [9.17, 15) is 0 Å². The molecule has 0 fully saturated rings. The zero-order valence-corrected chi connectivity index (χ0v) is 15.7. The van der Waals surface area contributed by atoms with Crippen LogP contribution in [0.4, 0.5) is 0 Å². The van der Waals surface area contributed by atoms with Gasteiger partial charge in [0.1, 0.15) is 12.4 Å². The zero-order valence-electron chi connectivity index (χ0n) is 14.2. The SMILES string of the molecule is CC(NC(N)=NCc1ncc(-c2ccccc2)[nH]1)c1ccc(Cl)cc1Cl. The number of nitrogens with two attached hydrogens (primary N) is 1. The lowest BCUT2D eigenvalue weighted by atomic mass is 10.1. The van der Waals surface area contributed by atoms with Crippen LogP contribution in [0.1, 0.15) is 24.4 Å². The van der Waals surface area contributed by atoms with Crippen LogP contribution in [0, 0.1) is 0 Å². The summed E-state index contributed by atoms with van der Waals surface area (Å²) in [5.41, 5.74) is 8.91. The Morgan fingerprint density at radius 1 is 1.23 bits per heavy atom. The molecule has 0 aliphatic heterocycles. The van der Waals surface area contributed by atoms with Gasteiger partial charge in [-0.2, -0.15) is 0 Å². The van der Waals surface area contributed by atoms with E-state index in [1.54, 1.807) is 18.3 Å². The van der Waals surface area contributed by atoms with E-state index in [1.807, 2.05) is 43.3 Å². The van der Waals surface area contributed by atoms with Crippen molar-refractivity contribution in [3.8, 4) is 11.3 Å². The van der Waals surface area contributed by atoms with Gasteiger partial charge in [0, 0.05) is 10.0 Å². The Morgan fingerprint density at radius 3 is 2.73 bits per heavy atom. The molecule has 5 nitrogen and oxygen atoms in total. The molecule has 0 aliphatic carbocycles. The van der Waals surface area contributed by atoms with E-state index < -0.39 is 0 Å². The van der Waals surface area contributed by atoms with Crippen LogP contribution < -0.4 is 11.1 Å². The zero-order chi connectivity index (χ0) is 18.5. The van der Waals surface area contributed by atoms with Gasteiger partial charge in [-0.15, -0.1) is 0 Å². The van der Waals surface area contributed by atoms with Gasteiger partial charge in [0.2, 0.25) is 0 Å². The summed E-state index contributed by atoms with van der Waals surface area (Å²) in [6.07, 6.45) is 1.79. The Morgan fingerprint density at radius 2 is 2.00 bits per heavy atom. The second-order valence-corrected chi connectivity index (χ2v) is 6.69. The fraction of sp³-hybridized carbons (Fsp3) is 0.158. The van der Waals surface area contributed by atoms with Gasteiger partial charge in [-0.1, -0.05) is 59.6 Å². The number of aliphatic imine (C=N–C) groups is 1. The van der Waals surface area contributed by atoms with Gasteiger partial charge in [0.25, 0.3) is 0 Å². The Balaban J connectivity index is 1.62. The maximum absolute atomic E-state index is 6.22. The third-order valence-electron chi connectivity index (χ3n) is 3.91. The molecule has 2 aromatic carbocycles. The van der Waals surface area contributed by atoms with Crippen molar-refractivity contribution in [3.63, 3.8) is 0 Å². The van der Waals surface area contributed by atoms with Gasteiger partial charge in [0.05, 0.1) is 17.9 Å². The summed E-state index contributed by atoms with van der Waals surface area (Å²) in [6, 6.07) is 15.3. The Hall–Kier alpha value is -2.50. The van der Waals surface area contributed by atoms with Crippen LogP contribution in [-0.2, 0) is 6.54 Å². The molecule has 0 bridgehead atoms. The van der Waals surface area contributed by atoms with Crippen molar-refractivity contribution in [2.45, 2.75) is 19.5 Å². The number of imidazole rings is 1. The van der Waals surface area contributed by atoms with E-state index >= 15 is 0 Å². The third-order valence-corrected chi connectivity index (χ3v) is 4.47. The number of hydrogen-bond acceptors (Lipinski definition) is 2. The molecule has 4 N–H and O–H groups in total. The standard InChI is InChI=1S/C19H19Cl2N5/c1-12(15-8-7-14(20)9-16(15)21)25-19(22)24-11-18-23-10-17(26-18)13-5-3-2-4-6-13/h2-10,12H,11H2,1H3,(H,23,26)(H3,22,24,25). The summed E-state index contributed by atoms with van der Waals surface area (Å²) < 4.78 is 0. The monoisotopic (exact) mass is 387 g/mol. The van der Waals surface area contributed by atoms with Crippen molar-refractivity contribution in [1.82, 2.24) is 15.3 Å². The maximum Gasteiger partial charge on any atom is 0.189 e. The van der Waals surface area contributed by atoms with Gasteiger partial charge in [0.15, 0.2) is 5.96 Å². The lowest BCUT2D eigenvalue weighted by Gasteiger charge is -2.16. The molecular weight excluding hydrogens is 369 g/mol. The Bertz CT molecular complexity index is 905. The number of guanidine groups is 1. The first-order chi connectivity index (χ1) is 12.5. The molecule has 1 aromatic heterocycles. The normalized spacial score (nSPS) is 12.8. The van der Waals surface area contributed by atoms with Crippen molar-refractivity contribution in [2.75, 3.05) is 0 Å². The summed E-state index contributed by atoms with van der Waals surface area (Å²) in [5.74, 6) is 1.06. The second kappa shape index (κ2) is 8.25. The average Bonchev–Trinajstić information content (AvgIpc) is 3.09. The predicted octanol–water partition coefficient (Wildman–Crippen LogP) is 4.55. The molecule has 3 aromatic rings. The molecule has 134 valence electrons. The van der Waals surface area contributed by atoms with Crippen molar-refractivity contribution in [2.24, 2.45) is 10.7 Å². The minimum absolute atomic E-state index is 0.0972. The van der Waals surface area contributed by atoms with Gasteiger partial charge < -0.3 is 16.0 Å². The summed E-state index contributed by atoms with van der Waals surface area (Å²) in [7, 11) is 0. The van der Waals surface area contributed by atoms with Crippen molar-refractivity contribution < 1.29 is 0 Å². The van der Waals surface area contributed by atoms with Crippen LogP contribution >= 0.6 is 23.2 Å². The summed E-state index contributed by atoms with van der Waals surface area (Å²) in [4.78, 5) is 11.9. The molecule has 26 heavy (non-hydrogen) atoms. The van der Waals surface area contributed by atoms with E-state index in [-0.39, 0.29) is 6.04 Å². The molecule has 0 saturated heterocycles. The smallest absolute Gasteiger partial charge is 0.189 e. The van der Waals surface area contributed by atoms with Crippen LogP contribution in [0.15, 0.2) is 59.7 Å². The summed E-state index contributed by atoms with van der Waals surface area (Å²) in [6.45, 7) is 2.31. The highest BCUT2D eigenvalue weighted by Gasteiger charge is 2.11. The highest BCUT2D eigenvalue weighted by Crippen LogP contribution is 2.26. The average molecular weight is 388 g/mol. The third kappa shape index (κ3) is 4.56. The number of nitrogens with zero attached hydrogens (tertiary/aromatic N) is 2. The van der Waals surface area contributed by atoms with E-state index in [2.05, 4.69) is 20.3 Å². The first-order valence-electron chi connectivity index (χ1n) is 8.13. The molecule has 3 rings (SSSR count). The molecule has 0 spiro atoms. The van der Waals surface area contributed by atoms with E-state index in [4.69, 9.17) is 28.9 Å². The predicted molar refractivity (Wildman–Crippen MR) is 107 cm³/mol. The molecular formula is C19H19Cl2N5. The summed E-state index contributed by atoms with van der Waals surface area (Å²) >= 11 is 12.1. The van der Waals surface area contributed by atoms with Crippen molar-refractivity contribution in [3.05, 3.63) is 76.2 Å². The molecule has 0 radical (unpaired) electrons.